The Bertz CT molecular complexity index is 752. The molecule has 128 valence electrons. The van der Waals surface area contributed by atoms with Gasteiger partial charge in [0.25, 0.3) is 0 Å². The van der Waals surface area contributed by atoms with E-state index in [0.717, 1.165) is 10.0 Å². The zero-order chi connectivity index (χ0) is 17.1. The van der Waals surface area contributed by atoms with Crippen LogP contribution < -0.4 is 9.47 Å². The summed E-state index contributed by atoms with van der Waals surface area (Å²) in [6.07, 6.45) is 1.59. The Balaban J connectivity index is 1.60. The molecule has 1 aliphatic rings. The number of carbonyl (C=O) groups excluding carboxylic acids is 1. The average molecular weight is 414 g/mol. The first-order valence-corrected chi connectivity index (χ1v) is 8.97. The molecule has 1 aliphatic heterocycles. The van der Waals surface area contributed by atoms with Crippen LogP contribution in [0.3, 0.4) is 0 Å². The highest BCUT2D eigenvalue weighted by atomic mass is 79.9. The maximum atomic E-state index is 12.2. The minimum atomic E-state index is -0.385. The molecule has 0 amide bonds. The van der Waals surface area contributed by atoms with E-state index in [1.165, 1.54) is 11.8 Å². The standard InChI is InChI=1S/C15H16BrN3O4S/c1-9(24-15-18-17-8-19(15)2)14(20)23-7-10-5-12-13(6-11(10)16)22-4-3-21-12/h5-6,8-9H,3-4,7H2,1-2H3. The molecule has 1 atom stereocenters. The number of esters is 1. The summed E-state index contributed by atoms with van der Waals surface area (Å²) in [7, 11) is 1.83. The summed E-state index contributed by atoms with van der Waals surface area (Å²) < 4.78 is 19.0. The molecule has 2 aromatic rings. The van der Waals surface area contributed by atoms with E-state index in [1.54, 1.807) is 17.8 Å². The lowest BCUT2D eigenvalue weighted by atomic mass is 10.2. The van der Waals surface area contributed by atoms with Gasteiger partial charge in [0.05, 0.1) is 0 Å². The summed E-state index contributed by atoms with van der Waals surface area (Å²) in [5.74, 6) is 1.04. The van der Waals surface area contributed by atoms with Crippen LogP contribution in [0.2, 0.25) is 0 Å². The Labute approximate surface area is 151 Å². The third kappa shape index (κ3) is 3.84. The van der Waals surface area contributed by atoms with E-state index in [9.17, 15) is 4.79 Å². The van der Waals surface area contributed by atoms with E-state index in [1.807, 2.05) is 19.2 Å². The molecule has 0 N–H and O–H groups in total. The van der Waals surface area contributed by atoms with Crippen molar-refractivity contribution in [2.45, 2.75) is 23.9 Å². The van der Waals surface area contributed by atoms with E-state index in [-0.39, 0.29) is 17.8 Å². The summed E-state index contributed by atoms with van der Waals surface area (Å²) in [4.78, 5) is 12.2. The molecular weight excluding hydrogens is 398 g/mol. The highest BCUT2D eigenvalue weighted by molar-refractivity contribution is 9.10. The zero-order valence-electron chi connectivity index (χ0n) is 13.2. The van der Waals surface area contributed by atoms with Gasteiger partial charge in [-0.15, -0.1) is 10.2 Å². The van der Waals surface area contributed by atoms with Gasteiger partial charge in [-0.05, 0) is 19.1 Å². The number of aromatic nitrogens is 3. The maximum absolute atomic E-state index is 12.2. The Kier molecular flexibility index (Phi) is 5.30. The lowest BCUT2D eigenvalue weighted by Gasteiger charge is -2.20. The summed E-state index contributed by atoms with van der Waals surface area (Å²) in [5.41, 5.74) is 0.823. The molecule has 9 heteroatoms. The van der Waals surface area contributed by atoms with Gasteiger partial charge in [0.15, 0.2) is 16.7 Å². The Morgan fingerprint density at radius 2 is 2.12 bits per heavy atom. The van der Waals surface area contributed by atoms with Crippen molar-refractivity contribution >= 4 is 33.7 Å². The number of ether oxygens (including phenoxy) is 3. The molecule has 0 aliphatic carbocycles. The van der Waals surface area contributed by atoms with Crippen molar-refractivity contribution in [2.75, 3.05) is 13.2 Å². The number of hydrogen-bond donors (Lipinski definition) is 0. The van der Waals surface area contributed by atoms with Crippen LogP contribution in [0, 0.1) is 0 Å². The molecule has 0 radical (unpaired) electrons. The zero-order valence-corrected chi connectivity index (χ0v) is 15.6. The van der Waals surface area contributed by atoms with Gasteiger partial charge in [0, 0.05) is 17.1 Å². The van der Waals surface area contributed by atoms with Gasteiger partial charge in [0.1, 0.15) is 31.4 Å². The number of carbonyl (C=O) groups is 1. The van der Waals surface area contributed by atoms with Crippen LogP contribution in [0.5, 0.6) is 11.5 Å². The van der Waals surface area contributed by atoms with Crippen molar-refractivity contribution in [3.63, 3.8) is 0 Å². The van der Waals surface area contributed by atoms with Crippen molar-refractivity contribution in [2.24, 2.45) is 7.05 Å². The van der Waals surface area contributed by atoms with Crippen molar-refractivity contribution in [1.29, 1.82) is 0 Å². The number of fused-ring (bicyclic) bond motifs is 1. The summed E-state index contributed by atoms with van der Waals surface area (Å²) >= 11 is 4.77. The van der Waals surface area contributed by atoms with Gasteiger partial charge in [-0.3, -0.25) is 4.79 Å². The SMILES string of the molecule is CC(Sc1nncn1C)C(=O)OCc1cc2c(cc1Br)OCCO2. The first-order chi connectivity index (χ1) is 11.5. The number of hydrogen-bond acceptors (Lipinski definition) is 7. The second-order valence-electron chi connectivity index (χ2n) is 5.18. The van der Waals surface area contributed by atoms with Gasteiger partial charge in [-0.1, -0.05) is 27.7 Å². The fourth-order valence-electron chi connectivity index (χ4n) is 2.07. The van der Waals surface area contributed by atoms with Gasteiger partial charge >= 0.3 is 5.97 Å². The number of aryl methyl sites for hydroxylation is 1. The van der Waals surface area contributed by atoms with Gasteiger partial charge < -0.3 is 18.8 Å². The van der Waals surface area contributed by atoms with Crippen molar-refractivity contribution in [3.05, 3.63) is 28.5 Å². The predicted molar refractivity (Wildman–Crippen MR) is 91.3 cm³/mol. The van der Waals surface area contributed by atoms with Crippen molar-refractivity contribution in [3.8, 4) is 11.5 Å². The van der Waals surface area contributed by atoms with Crippen LogP contribution in [0.15, 0.2) is 28.1 Å². The van der Waals surface area contributed by atoms with Gasteiger partial charge in [0.2, 0.25) is 0 Å². The molecule has 1 aromatic carbocycles. The second kappa shape index (κ2) is 7.43. The van der Waals surface area contributed by atoms with Crippen LogP contribution in [0.25, 0.3) is 0 Å². The van der Waals surface area contributed by atoms with Gasteiger partial charge in [-0.2, -0.15) is 0 Å². The molecular formula is C15H16BrN3O4S. The normalized spacial score (nSPS) is 14.3. The minimum absolute atomic E-state index is 0.153. The molecule has 7 nitrogen and oxygen atoms in total. The number of benzene rings is 1. The molecule has 0 saturated carbocycles. The van der Waals surface area contributed by atoms with Crippen LogP contribution in [-0.2, 0) is 23.2 Å². The number of nitrogens with zero attached hydrogens (tertiary/aromatic N) is 3. The van der Waals surface area contributed by atoms with E-state index >= 15 is 0 Å². The summed E-state index contributed by atoms with van der Waals surface area (Å²) in [5, 5.41) is 8.02. The first-order valence-electron chi connectivity index (χ1n) is 7.30. The molecule has 3 rings (SSSR count). The minimum Gasteiger partial charge on any atom is -0.486 e. The highest BCUT2D eigenvalue weighted by Crippen LogP contribution is 2.36. The first kappa shape index (κ1) is 17.1. The van der Waals surface area contributed by atoms with E-state index in [4.69, 9.17) is 14.2 Å². The topological polar surface area (TPSA) is 75.5 Å². The molecule has 1 aromatic heterocycles. The van der Waals surface area contributed by atoms with E-state index in [0.29, 0.717) is 29.9 Å². The monoisotopic (exact) mass is 413 g/mol. The molecule has 0 saturated heterocycles. The third-order valence-electron chi connectivity index (χ3n) is 3.37. The van der Waals surface area contributed by atoms with Crippen LogP contribution >= 0.6 is 27.7 Å². The highest BCUT2D eigenvalue weighted by Gasteiger charge is 2.20. The van der Waals surface area contributed by atoms with Crippen molar-refractivity contribution in [1.82, 2.24) is 14.8 Å². The molecule has 1 unspecified atom stereocenters. The number of thioether (sulfide) groups is 1. The van der Waals surface area contributed by atoms with E-state index < -0.39 is 0 Å². The fraction of sp³-hybridized carbons (Fsp3) is 0.400. The summed E-state index contributed by atoms with van der Waals surface area (Å²) in [6, 6.07) is 3.65. The smallest absolute Gasteiger partial charge is 0.319 e. The molecule has 0 bridgehead atoms. The lowest BCUT2D eigenvalue weighted by Crippen LogP contribution is -2.18. The second-order valence-corrected chi connectivity index (χ2v) is 7.34. The largest absolute Gasteiger partial charge is 0.486 e. The molecule has 24 heavy (non-hydrogen) atoms. The molecule has 0 fully saturated rings. The maximum Gasteiger partial charge on any atom is 0.319 e. The quantitative estimate of drug-likeness (QED) is 0.550. The Hall–Kier alpha value is -1.74. The Morgan fingerprint density at radius 3 is 2.79 bits per heavy atom. The number of halogens is 1. The van der Waals surface area contributed by atoms with E-state index in [2.05, 4.69) is 26.1 Å². The molecule has 0 spiro atoms. The summed E-state index contributed by atoms with van der Waals surface area (Å²) in [6.45, 7) is 2.98. The third-order valence-corrected chi connectivity index (χ3v) is 5.23. The fourth-order valence-corrected chi connectivity index (χ4v) is 3.29. The van der Waals surface area contributed by atoms with Crippen LogP contribution in [0.1, 0.15) is 12.5 Å². The van der Waals surface area contributed by atoms with Crippen molar-refractivity contribution < 1.29 is 19.0 Å². The van der Waals surface area contributed by atoms with Crippen LogP contribution in [-0.4, -0.2) is 39.2 Å². The predicted octanol–water partition coefficient (Wildman–Crippen LogP) is 2.57. The van der Waals surface area contributed by atoms with Gasteiger partial charge in [-0.25, -0.2) is 0 Å². The average Bonchev–Trinajstić information content (AvgIpc) is 2.97. The number of rotatable bonds is 5. The lowest BCUT2D eigenvalue weighted by molar-refractivity contribution is -0.143. The Morgan fingerprint density at radius 1 is 1.42 bits per heavy atom. The van der Waals surface area contributed by atoms with Crippen LogP contribution in [0.4, 0.5) is 0 Å². The molecule has 2 heterocycles.